The van der Waals surface area contributed by atoms with Gasteiger partial charge < -0.3 is 9.64 Å². The van der Waals surface area contributed by atoms with Gasteiger partial charge in [-0.1, -0.05) is 0 Å². The molecule has 0 spiro atoms. The van der Waals surface area contributed by atoms with Gasteiger partial charge in [0.2, 0.25) is 5.91 Å². The number of carbonyl (C=O) groups excluding carboxylic acids is 1. The molecule has 17 heavy (non-hydrogen) atoms. The van der Waals surface area contributed by atoms with Crippen molar-refractivity contribution in [3.8, 4) is 6.07 Å². The fourth-order valence-electron chi connectivity index (χ4n) is 1.67. The summed E-state index contributed by atoms with van der Waals surface area (Å²) in [4.78, 5) is 15.7. The SMILES string of the molecule is COCCN(CCC#N)CC(=O)N(C)C1CC1. The lowest BCUT2D eigenvalue weighted by Gasteiger charge is -2.24. The number of hydrogen-bond donors (Lipinski definition) is 0. The summed E-state index contributed by atoms with van der Waals surface area (Å²) in [5, 5.41) is 8.58. The second-order valence-electron chi connectivity index (χ2n) is 4.41. The summed E-state index contributed by atoms with van der Waals surface area (Å²) in [6, 6.07) is 2.55. The van der Waals surface area contributed by atoms with E-state index < -0.39 is 0 Å². The van der Waals surface area contributed by atoms with Gasteiger partial charge in [-0.25, -0.2) is 0 Å². The zero-order chi connectivity index (χ0) is 12.7. The molecule has 96 valence electrons. The zero-order valence-electron chi connectivity index (χ0n) is 10.7. The maximum atomic E-state index is 11.9. The van der Waals surface area contributed by atoms with Crippen molar-refractivity contribution in [2.45, 2.75) is 25.3 Å². The minimum Gasteiger partial charge on any atom is -0.383 e. The number of amides is 1. The molecule has 0 aromatic rings. The number of rotatable bonds is 8. The molecule has 1 rings (SSSR count). The van der Waals surface area contributed by atoms with Crippen molar-refractivity contribution in [2.24, 2.45) is 0 Å². The average molecular weight is 239 g/mol. The van der Waals surface area contributed by atoms with E-state index in [1.807, 2.05) is 16.8 Å². The summed E-state index contributed by atoms with van der Waals surface area (Å²) < 4.78 is 5.00. The van der Waals surface area contributed by atoms with Crippen molar-refractivity contribution in [2.75, 3.05) is 40.4 Å². The molecule has 0 unspecified atom stereocenters. The van der Waals surface area contributed by atoms with Gasteiger partial charge in [0.05, 0.1) is 19.2 Å². The van der Waals surface area contributed by atoms with Gasteiger partial charge in [0.25, 0.3) is 0 Å². The predicted octanol–water partition coefficient (Wildman–Crippen LogP) is 0.469. The molecule has 0 radical (unpaired) electrons. The Morgan fingerprint density at radius 1 is 1.47 bits per heavy atom. The highest BCUT2D eigenvalue weighted by Gasteiger charge is 2.29. The maximum Gasteiger partial charge on any atom is 0.236 e. The number of nitriles is 1. The van der Waals surface area contributed by atoms with E-state index >= 15 is 0 Å². The van der Waals surface area contributed by atoms with Crippen LogP contribution < -0.4 is 0 Å². The number of likely N-dealkylation sites (N-methyl/N-ethyl adjacent to an activating group) is 1. The summed E-state index contributed by atoms with van der Waals surface area (Å²) in [6.07, 6.45) is 2.70. The number of hydrogen-bond acceptors (Lipinski definition) is 4. The van der Waals surface area contributed by atoms with Crippen LogP contribution in [0.3, 0.4) is 0 Å². The van der Waals surface area contributed by atoms with E-state index in [0.29, 0.717) is 38.7 Å². The first-order chi connectivity index (χ1) is 8.19. The fraction of sp³-hybridized carbons (Fsp3) is 0.833. The Hall–Kier alpha value is -1.12. The molecular weight excluding hydrogens is 218 g/mol. The third kappa shape index (κ3) is 5.16. The molecule has 1 aliphatic rings. The van der Waals surface area contributed by atoms with Gasteiger partial charge in [0.1, 0.15) is 0 Å². The summed E-state index contributed by atoms with van der Waals surface area (Å²) in [6.45, 7) is 2.30. The van der Waals surface area contributed by atoms with E-state index in [0.717, 1.165) is 12.8 Å². The first-order valence-corrected chi connectivity index (χ1v) is 6.03. The monoisotopic (exact) mass is 239 g/mol. The summed E-state index contributed by atoms with van der Waals surface area (Å²) in [7, 11) is 3.50. The highest BCUT2D eigenvalue weighted by atomic mass is 16.5. The van der Waals surface area contributed by atoms with Gasteiger partial charge in [0.15, 0.2) is 0 Å². The van der Waals surface area contributed by atoms with Crippen LogP contribution in [-0.2, 0) is 9.53 Å². The minimum absolute atomic E-state index is 0.140. The van der Waals surface area contributed by atoms with Crippen LogP contribution in [0.4, 0.5) is 0 Å². The Morgan fingerprint density at radius 2 is 2.18 bits per heavy atom. The van der Waals surface area contributed by atoms with Crippen LogP contribution in [0.1, 0.15) is 19.3 Å². The van der Waals surface area contributed by atoms with E-state index in [9.17, 15) is 4.79 Å². The Kier molecular flexibility index (Phi) is 5.95. The Morgan fingerprint density at radius 3 is 2.71 bits per heavy atom. The lowest BCUT2D eigenvalue weighted by atomic mass is 10.3. The van der Waals surface area contributed by atoms with Crippen molar-refractivity contribution in [3.05, 3.63) is 0 Å². The fourth-order valence-corrected chi connectivity index (χ4v) is 1.67. The van der Waals surface area contributed by atoms with Crippen LogP contribution in [0.5, 0.6) is 0 Å². The minimum atomic E-state index is 0.140. The van der Waals surface area contributed by atoms with Crippen molar-refractivity contribution in [1.29, 1.82) is 5.26 Å². The molecule has 0 aliphatic heterocycles. The third-order valence-electron chi connectivity index (χ3n) is 3.00. The van der Waals surface area contributed by atoms with Crippen molar-refractivity contribution in [1.82, 2.24) is 9.80 Å². The van der Waals surface area contributed by atoms with Crippen molar-refractivity contribution < 1.29 is 9.53 Å². The average Bonchev–Trinajstić information content (AvgIpc) is 3.15. The number of nitrogens with zero attached hydrogens (tertiary/aromatic N) is 3. The molecule has 0 bridgehead atoms. The predicted molar refractivity (Wildman–Crippen MR) is 64.3 cm³/mol. The van der Waals surface area contributed by atoms with E-state index in [1.165, 1.54) is 0 Å². The molecule has 0 atom stereocenters. The Bertz CT molecular complexity index is 284. The Labute approximate surface area is 103 Å². The van der Waals surface area contributed by atoms with Gasteiger partial charge >= 0.3 is 0 Å². The van der Waals surface area contributed by atoms with Crippen LogP contribution in [0, 0.1) is 11.3 Å². The normalized spacial score (nSPS) is 14.7. The van der Waals surface area contributed by atoms with Crippen LogP contribution in [0.15, 0.2) is 0 Å². The smallest absolute Gasteiger partial charge is 0.236 e. The highest BCUT2D eigenvalue weighted by Crippen LogP contribution is 2.25. The highest BCUT2D eigenvalue weighted by molar-refractivity contribution is 5.78. The Balaban J connectivity index is 2.34. The molecule has 0 N–H and O–H groups in total. The van der Waals surface area contributed by atoms with Gasteiger partial charge in [-0.3, -0.25) is 9.69 Å². The second-order valence-corrected chi connectivity index (χ2v) is 4.41. The van der Waals surface area contributed by atoms with Crippen LogP contribution in [0.2, 0.25) is 0 Å². The van der Waals surface area contributed by atoms with Crippen LogP contribution in [-0.4, -0.2) is 62.1 Å². The molecule has 0 saturated heterocycles. The van der Waals surface area contributed by atoms with Crippen LogP contribution >= 0.6 is 0 Å². The van der Waals surface area contributed by atoms with E-state index in [1.54, 1.807) is 7.11 Å². The molecule has 5 heteroatoms. The molecule has 0 aromatic carbocycles. The van der Waals surface area contributed by atoms with Gasteiger partial charge in [-0.2, -0.15) is 5.26 Å². The first kappa shape index (κ1) is 13.9. The topological polar surface area (TPSA) is 56.6 Å². The van der Waals surface area contributed by atoms with E-state index in [-0.39, 0.29) is 5.91 Å². The molecule has 1 saturated carbocycles. The molecular formula is C12H21N3O2. The molecule has 1 amide bonds. The third-order valence-corrected chi connectivity index (χ3v) is 3.00. The molecule has 0 heterocycles. The number of carbonyl (C=O) groups is 1. The van der Waals surface area contributed by atoms with Crippen molar-refractivity contribution in [3.63, 3.8) is 0 Å². The largest absolute Gasteiger partial charge is 0.383 e. The lowest BCUT2D eigenvalue weighted by Crippen LogP contribution is -2.41. The molecule has 1 fully saturated rings. The summed E-state index contributed by atoms with van der Waals surface area (Å²) >= 11 is 0. The standard InChI is InChI=1S/C12H21N3O2/c1-14(11-4-5-11)12(16)10-15(7-3-6-13)8-9-17-2/h11H,3-5,7-10H2,1-2H3. The summed E-state index contributed by atoms with van der Waals surface area (Å²) in [5.41, 5.74) is 0. The van der Waals surface area contributed by atoms with Crippen molar-refractivity contribution >= 4 is 5.91 Å². The molecule has 5 nitrogen and oxygen atoms in total. The molecule has 0 aromatic heterocycles. The number of ether oxygens (including phenoxy) is 1. The number of methoxy groups -OCH3 is 1. The van der Waals surface area contributed by atoms with Gasteiger partial charge in [-0.15, -0.1) is 0 Å². The quantitative estimate of drug-likeness (QED) is 0.618. The van der Waals surface area contributed by atoms with Gasteiger partial charge in [0, 0.05) is 39.7 Å². The first-order valence-electron chi connectivity index (χ1n) is 6.03. The van der Waals surface area contributed by atoms with Crippen LogP contribution in [0.25, 0.3) is 0 Å². The van der Waals surface area contributed by atoms with Gasteiger partial charge in [-0.05, 0) is 12.8 Å². The summed E-state index contributed by atoms with van der Waals surface area (Å²) in [5.74, 6) is 0.140. The lowest BCUT2D eigenvalue weighted by molar-refractivity contribution is -0.131. The van der Waals surface area contributed by atoms with E-state index in [4.69, 9.17) is 10.00 Å². The second kappa shape index (κ2) is 7.25. The zero-order valence-corrected chi connectivity index (χ0v) is 10.7. The molecule has 1 aliphatic carbocycles. The maximum absolute atomic E-state index is 11.9. The van der Waals surface area contributed by atoms with E-state index in [2.05, 4.69) is 6.07 Å².